The summed E-state index contributed by atoms with van der Waals surface area (Å²) in [6.07, 6.45) is 0.812. The SMILES string of the molecule is CCCOc1cccc([C@H]2C(C(=O)c3ccc(C)o3)=C(O)C(=O)N2c2nc(C)c(C(C)=O)s2)c1. The van der Waals surface area contributed by atoms with E-state index in [2.05, 4.69) is 4.98 Å². The minimum absolute atomic E-state index is 0.0110. The average molecular weight is 481 g/mol. The zero-order valence-corrected chi connectivity index (χ0v) is 20.1. The number of aromatic nitrogens is 1. The van der Waals surface area contributed by atoms with E-state index < -0.39 is 23.5 Å². The third kappa shape index (κ3) is 4.14. The molecule has 3 aromatic rings. The first kappa shape index (κ1) is 23.4. The summed E-state index contributed by atoms with van der Waals surface area (Å²) in [7, 11) is 0. The normalized spacial score (nSPS) is 15.8. The predicted molar refractivity (Wildman–Crippen MR) is 127 cm³/mol. The smallest absolute Gasteiger partial charge is 0.296 e. The summed E-state index contributed by atoms with van der Waals surface area (Å²) in [6.45, 7) is 7.29. The molecule has 2 aromatic heterocycles. The van der Waals surface area contributed by atoms with Gasteiger partial charge >= 0.3 is 0 Å². The monoisotopic (exact) mass is 480 g/mol. The number of carbonyl (C=O) groups excluding carboxylic acids is 3. The Morgan fingerprint density at radius 1 is 1.24 bits per heavy atom. The molecule has 0 saturated heterocycles. The topological polar surface area (TPSA) is 110 Å². The lowest BCUT2D eigenvalue weighted by molar-refractivity contribution is -0.117. The maximum Gasteiger partial charge on any atom is 0.296 e. The van der Waals surface area contributed by atoms with E-state index in [4.69, 9.17) is 9.15 Å². The number of benzene rings is 1. The molecule has 4 rings (SSSR count). The van der Waals surface area contributed by atoms with Crippen LogP contribution < -0.4 is 9.64 Å². The van der Waals surface area contributed by atoms with Crippen LogP contribution in [0.2, 0.25) is 0 Å². The van der Waals surface area contributed by atoms with Crippen molar-refractivity contribution in [2.45, 2.75) is 40.2 Å². The Hall–Kier alpha value is -3.72. The maximum atomic E-state index is 13.4. The number of aliphatic hydroxyl groups is 1. The third-order valence-corrected chi connectivity index (χ3v) is 6.63. The zero-order valence-electron chi connectivity index (χ0n) is 19.2. The third-order valence-electron chi connectivity index (χ3n) is 5.37. The molecular formula is C25H24N2O6S. The van der Waals surface area contributed by atoms with Crippen molar-refractivity contribution in [2.24, 2.45) is 0 Å². The van der Waals surface area contributed by atoms with Crippen LogP contribution in [-0.4, -0.2) is 34.2 Å². The molecule has 0 bridgehead atoms. The Bertz CT molecular complexity index is 1320. The molecule has 0 aliphatic carbocycles. The molecule has 9 heteroatoms. The van der Waals surface area contributed by atoms with E-state index in [1.54, 1.807) is 44.2 Å². The molecule has 0 saturated carbocycles. The van der Waals surface area contributed by atoms with Gasteiger partial charge in [0, 0.05) is 6.92 Å². The van der Waals surface area contributed by atoms with Crippen molar-refractivity contribution < 1.29 is 28.6 Å². The molecular weight excluding hydrogens is 456 g/mol. The fourth-order valence-electron chi connectivity index (χ4n) is 3.85. The van der Waals surface area contributed by atoms with Gasteiger partial charge in [0.2, 0.25) is 5.78 Å². The van der Waals surface area contributed by atoms with E-state index >= 15 is 0 Å². The summed E-state index contributed by atoms with van der Waals surface area (Å²) in [5.74, 6) is -1.14. The molecule has 176 valence electrons. The highest BCUT2D eigenvalue weighted by Gasteiger charge is 2.46. The summed E-state index contributed by atoms with van der Waals surface area (Å²) < 4.78 is 11.2. The van der Waals surface area contributed by atoms with E-state index in [9.17, 15) is 19.5 Å². The number of ketones is 2. The Balaban J connectivity index is 1.87. The number of rotatable bonds is 8. The molecule has 1 aliphatic heterocycles. The lowest BCUT2D eigenvalue weighted by atomic mass is 9.95. The van der Waals surface area contributed by atoms with E-state index in [1.165, 1.54) is 17.9 Å². The van der Waals surface area contributed by atoms with Gasteiger partial charge in [-0.2, -0.15) is 0 Å². The lowest BCUT2D eigenvalue weighted by Gasteiger charge is -2.24. The molecule has 0 fully saturated rings. The molecule has 0 radical (unpaired) electrons. The van der Waals surface area contributed by atoms with Gasteiger partial charge < -0.3 is 14.3 Å². The number of amides is 1. The number of hydrogen-bond acceptors (Lipinski definition) is 8. The number of carbonyl (C=O) groups is 3. The fourth-order valence-corrected chi connectivity index (χ4v) is 4.83. The first-order valence-corrected chi connectivity index (χ1v) is 11.6. The first-order chi connectivity index (χ1) is 16.2. The van der Waals surface area contributed by atoms with Gasteiger partial charge in [-0.05, 0) is 50.1 Å². The number of hydrogen-bond donors (Lipinski definition) is 1. The minimum atomic E-state index is -0.985. The number of nitrogens with zero attached hydrogens (tertiary/aromatic N) is 2. The second kappa shape index (κ2) is 9.26. The number of aryl methyl sites for hydroxylation is 2. The van der Waals surface area contributed by atoms with Crippen LogP contribution in [0, 0.1) is 13.8 Å². The minimum Gasteiger partial charge on any atom is -0.503 e. The Kier molecular flexibility index (Phi) is 6.39. The van der Waals surface area contributed by atoms with E-state index in [0.717, 1.165) is 17.8 Å². The van der Waals surface area contributed by atoms with Gasteiger partial charge in [0.05, 0.1) is 28.8 Å². The molecule has 1 aromatic carbocycles. The van der Waals surface area contributed by atoms with Gasteiger partial charge in [-0.1, -0.05) is 30.4 Å². The molecule has 8 nitrogen and oxygen atoms in total. The predicted octanol–water partition coefficient (Wildman–Crippen LogP) is 5.13. The van der Waals surface area contributed by atoms with Gasteiger partial charge in [-0.25, -0.2) is 4.98 Å². The first-order valence-electron chi connectivity index (χ1n) is 10.8. The molecule has 1 amide bonds. The van der Waals surface area contributed by atoms with Gasteiger partial charge in [0.15, 0.2) is 22.4 Å². The van der Waals surface area contributed by atoms with Crippen LogP contribution in [-0.2, 0) is 4.79 Å². The molecule has 3 heterocycles. The van der Waals surface area contributed by atoms with Crippen molar-refractivity contribution in [3.63, 3.8) is 0 Å². The average Bonchev–Trinajstić information content (AvgIpc) is 3.48. The zero-order chi connectivity index (χ0) is 24.6. The Labute approximate surface area is 200 Å². The molecule has 0 spiro atoms. The second-order valence-corrected chi connectivity index (χ2v) is 8.95. The van der Waals surface area contributed by atoms with Crippen LogP contribution in [0.5, 0.6) is 5.75 Å². The van der Waals surface area contributed by atoms with Gasteiger partial charge in [0.1, 0.15) is 11.5 Å². The highest BCUT2D eigenvalue weighted by Crippen LogP contribution is 2.44. The molecule has 1 aliphatic rings. The Morgan fingerprint density at radius 2 is 2.00 bits per heavy atom. The quantitative estimate of drug-likeness (QED) is 0.445. The summed E-state index contributed by atoms with van der Waals surface area (Å²) in [6, 6.07) is 9.16. The number of Topliss-reactive ketones (excluding diaryl/α,β-unsaturated/α-hetero) is 2. The van der Waals surface area contributed by atoms with Crippen LogP contribution in [0.25, 0.3) is 0 Å². The maximum absolute atomic E-state index is 13.4. The van der Waals surface area contributed by atoms with Crippen molar-refractivity contribution >= 4 is 33.9 Å². The largest absolute Gasteiger partial charge is 0.503 e. The second-order valence-electron chi connectivity index (χ2n) is 7.97. The number of ether oxygens (including phenoxy) is 1. The number of anilines is 1. The lowest BCUT2D eigenvalue weighted by Crippen LogP contribution is -2.31. The molecule has 1 N–H and O–H groups in total. The highest BCUT2D eigenvalue weighted by atomic mass is 32.1. The fraction of sp³-hybridized carbons (Fsp3) is 0.280. The number of aliphatic hydroxyl groups excluding tert-OH is 1. The van der Waals surface area contributed by atoms with Crippen LogP contribution in [0.3, 0.4) is 0 Å². The number of furan rings is 1. The van der Waals surface area contributed by atoms with Crippen molar-refractivity contribution in [3.05, 3.63) is 75.4 Å². The van der Waals surface area contributed by atoms with Gasteiger partial charge in [-0.15, -0.1) is 0 Å². The summed E-state index contributed by atoms with van der Waals surface area (Å²) in [5.41, 5.74) is 0.902. The van der Waals surface area contributed by atoms with Crippen LogP contribution in [0.15, 0.2) is 52.1 Å². The van der Waals surface area contributed by atoms with Crippen molar-refractivity contribution in [3.8, 4) is 5.75 Å². The van der Waals surface area contributed by atoms with Gasteiger partial charge in [-0.3, -0.25) is 19.3 Å². The number of thiazole rings is 1. The standard InChI is InChI=1S/C25H24N2O6S/c1-5-11-32-17-8-6-7-16(12-17)20-19(21(29)18-10-9-13(2)33-18)22(30)24(31)27(20)25-26-14(3)23(34-25)15(4)28/h6-10,12,20,30H,5,11H2,1-4H3/t20-/m0/s1. The molecule has 34 heavy (non-hydrogen) atoms. The van der Waals surface area contributed by atoms with Crippen LogP contribution in [0.1, 0.15) is 63.6 Å². The van der Waals surface area contributed by atoms with Crippen molar-refractivity contribution in [1.82, 2.24) is 4.98 Å². The Morgan fingerprint density at radius 3 is 2.62 bits per heavy atom. The molecule has 0 unspecified atom stereocenters. The van der Waals surface area contributed by atoms with Crippen molar-refractivity contribution in [1.29, 1.82) is 0 Å². The van der Waals surface area contributed by atoms with Gasteiger partial charge in [0.25, 0.3) is 5.91 Å². The van der Waals surface area contributed by atoms with Crippen molar-refractivity contribution in [2.75, 3.05) is 11.5 Å². The van der Waals surface area contributed by atoms with E-state index in [0.29, 0.717) is 34.3 Å². The summed E-state index contributed by atoms with van der Waals surface area (Å²) in [4.78, 5) is 44.8. The summed E-state index contributed by atoms with van der Waals surface area (Å²) >= 11 is 1.04. The van der Waals surface area contributed by atoms with E-state index in [1.807, 2.05) is 6.92 Å². The van der Waals surface area contributed by atoms with E-state index in [-0.39, 0.29) is 22.2 Å². The molecule has 1 atom stereocenters. The van der Waals surface area contributed by atoms with Crippen LogP contribution in [0.4, 0.5) is 5.13 Å². The van der Waals surface area contributed by atoms with Crippen LogP contribution >= 0.6 is 11.3 Å². The highest BCUT2D eigenvalue weighted by molar-refractivity contribution is 7.17. The summed E-state index contributed by atoms with van der Waals surface area (Å²) in [5, 5.41) is 11.1.